The number of pyridine rings is 1. The molecule has 0 N–H and O–H groups in total. The molecule has 1 aromatic heterocycles. The number of carbonyl (C=O) groups is 1. The lowest BCUT2D eigenvalue weighted by Gasteiger charge is -2.32. The Kier molecular flexibility index (Phi) is 6.45. The molecular weight excluding hydrogens is 387 g/mol. The Balaban J connectivity index is 1.38. The smallest absolute Gasteiger partial charge is 0.227 e. The Morgan fingerprint density at radius 1 is 1.03 bits per heavy atom. The van der Waals surface area contributed by atoms with Crippen LogP contribution >= 0.6 is 0 Å². The molecule has 1 saturated heterocycles. The lowest BCUT2D eigenvalue weighted by atomic mass is 9.93. The molecule has 2 heterocycles. The molecule has 3 aromatic rings. The average molecular weight is 417 g/mol. The molecule has 1 aliphatic rings. The molecule has 0 unspecified atom stereocenters. The third-order valence-corrected chi connectivity index (χ3v) is 6.26. The van der Waals surface area contributed by atoms with Crippen LogP contribution in [0.4, 0.5) is 4.39 Å². The zero-order valence-corrected chi connectivity index (χ0v) is 18.3. The first-order valence-corrected chi connectivity index (χ1v) is 11.0. The van der Waals surface area contributed by atoms with Crippen molar-refractivity contribution < 1.29 is 9.18 Å². The number of amides is 1. The minimum atomic E-state index is -0.213. The molecule has 160 valence electrons. The standard InChI is InChI=1S/C27H29FN2O/c1-19-8-9-22(13-20(19)2)16-27(31)30-12-4-6-24(18-30)26-11-10-23(17-29-26)14-21-5-3-7-25(28)15-21/h3,5,7-11,13,15,17,24H,4,6,12,14,16,18H2,1-2H3/t24-/m1/s1. The number of hydrogen-bond donors (Lipinski definition) is 0. The molecule has 0 bridgehead atoms. The van der Waals surface area contributed by atoms with E-state index < -0.39 is 0 Å². The third kappa shape index (κ3) is 5.38. The zero-order valence-electron chi connectivity index (χ0n) is 18.3. The Morgan fingerprint density at radius 2 is 1.87 bits per heavy atom. The largest absolute Gasteiger partial charge is 0.342 e. The zero-order chi connectivity index (χ0) is 21.8. The van der Waals surface area contributed by atoms with Gasteiger partial charge in [-0.05, 0) is 79.1 Å². The van der Waals surface area contributed by atoms with Crippen LogP contribution in [0.2, 0.25) is 0 Å². The van der Waals surface area contributed by atoms with Crippen LogP contribution in [0.25, 0.3) is 0 Å². The first-order chi connectivity index (χ1) is 15.0. The van der Waals surface area contributed by atoms with Crippen molar-refractivity contribution in [3.8, 4) is 0 Å². The fourth-order valence-corrected chi connectivity index (χ4v) is 4.31. The number of piperidine rings is 1. The van der Waals surface area contributed by atoms with Gasteiger partial charge in [0.1, 0.15) is 5.82 Å². The fourth-order valence-electron chi connectivity index (χ4n) is 4.31. The van der Waals surface area contributed by atoms with E-state index in [1.54, 1.807) is 12.1 Å². The van der Waals surface area contributed by atoms with Gasteiger partial charge < -0.3 is 4.90 Å². The van der Waals surface area contributed by atoms with Crippen molar-refractivity contribution in [2.45, 2.75) is 45.4 Å². The monoisotopic (exact) mass is 416 g/mol. The summed E-state index contributed by atoms with van der Waals surface area (Å²) in [6, 6.07) is 17.1. The summed E-state index contributed by atoms with van der Waals surface area (Å²) in [6.45, 7) is 5.72. The van der Waals surface area contributed by atoms with Gasteiger partial charge in [0.15, 0.2) is 0 Å². The maximum absolute atomic E-state index is 13.4. The van der Waals surface area contributed by atoms with Gasteiger partial charge in [-0.3, -0.25) is 9.78 Å². The van der Waals surface area contributed by atoms with Crippen molar-refractivity contribution in [1.29, 1.82) is 0 Å². The van der Waals surface area contributed by atoms with E-state index in [2.05, 4.69) is 49.2 Å². The highest BCUT2D eigenvalue weighted by Gasteiger charge is 2.25. The van der Waals surface area contributed by atoms with Gasteiger partial charge in [-0.2, -0.15) is 0 Å². The number of benzene rings is 2. The summed E-state index contributed by atoms with van der Waals surface area (Å²) in [5.41, 5.74) is 6.59. The maximum Gasteiger partial charge on any atom is 0.227 e. The van der Waals surface area contributed by atoms with Crippen LogP contribution in [0, 0.1) is 19.7 Å². The quantitative estimate of drug-likeness (QED) is 0.560. The van der Waals surface area contributed by atoms with Crippen molar-refractivity contribution in [2.75, 3.05) is 13.1 Å². The van der Waals surface area contributed by atoms with Crippen LogP contribution in [0.3, 0.4) is 0 Å². The molecule has 0 radical (unpaired) electrons. The predicted octanol–water partition coefficient (Wildman–Crippen LogP) is 5.38. The number of hydrogen-bond acceptors (Lipinski definition) is 2. The van der Waals surface area contributed by atoms with Gasteiger partial charge in [0.05, 0.1) is 6.42 Å². The predicted molar refractivity (Wildman–Crippen MR) is 122 cm³/mol. The second-order valence-electron chi connectivity index (χ2n) is 8.67. The summed E-state index contributed by atoms with van der Waals surface area (Å²) in [7, 11) is 0. The lowest BCUT2D eigenvalue weighted by Crippen LogP contribution is -2.40. The minimum Gasteiger partial charge on any atom is -0.342 e. The summed E-state index contributed by atoms with van der Waals surface area (Å²) in [5, 5.41) is 0. The molecule has 1 atom stereocenters. The second-order valence-corrected chi connectivity index (χ2v) is 8.67. The van der Waals surface area contributed by atoms with Crippen molar-refractivity contribution in [1.82, 2.24) is 9.88 Å². The number of aryl methyl sites for hydroxylation is 2. The van der Waals surface area contributed by atoms with Gasteiger partial charge in [-0.15, -0.1) is 0 Å². The van der Waals surface area contributed by atoms with Crippen LogP contribution in [-0.2, 0) is 17.6 Å². The molecule has 1 aliphatic heterocycles. The number of carbonyl (C=O) groups excluding carboxylic acids is 1. The van der Waals surface area contributed by atoms with Crippen molar-refractivity contribution in [3.05, 3.63) is 100 Å². The minimum absolute atomic E-state index is 0.190. The summed E-state index contributed by atoms with van der Waals surface area (Å²) in [4.78, 5) is 19.6. The van der Waals surface area contributed by atoms with Gasteiger partial charge in [-0.1, -0.05) is 36.4 Å². The molecule has 31 heavy (non-hydrogen) atoms. The summed E-state index contributed by atoms with van der Waals surface area (Å²) in [6.07, 6.45) is 5.04. The number of nitrogens with zero attached hydrogens (tertiary/aromatic N) is 2. The van der Waals surface area contributed by atoms with Crippen molar-refractivity contribution in [2.24, 2.45) is 0 Å². The van der Waals surface area contributed by atoms with Crippen LogP contribution in [0.5, 0.6) is 0 Å². The van der Waals surface area contributed by atoms with E-state index in [4.69, 9.17) is 0 Å². The molecule has 0 spiro atoms. The molecule has 3 nitrogen and oxygen atoms in total. The highest BCUT2D eigenvalue weighted by Crippen LogP contribution is 2.26. The van der Waals surface area contributed by atoms with E-state index in [0.29, 0.717) is 12.8 Å². The van der Waals surface area contributed by atoms with Gasteiger partial charge in [0.25, 0.3) is 0 Å². The number of rotatable bonds is 5. The number of halogens is 1. The van der Waals surface area contributed by atoms with E-state index in [0.717, 1.165) is 48.3 Å². The van der Waals surface area contributed by atoms with Crippen molar-refractivity contribution >= 4 is 5.91 Å². The Bertz CT molecular complexity index is 1060. The average Bonchev–Trinajstić information content (AvgIpc) is 2.77. The fraction of sp³-hybridized carbons (Fsp3) is 0.333. The Hall–Kier alpha value is -3.01. The van der Waals surface area contributed by atoms with E-state index in [9.17, 15) is 9.18 Å². The molecule has 1 fully saturated rings. The first-order valence-electron chi connectivity index (χ1n) is 11.0. The number of likely N-dealkylation sites (tertiary alicyclic amines) is 1. The molecule has 2 aromatic carbocycles. The third-order valence-electron chi connectivity index (χ3n) is 6.26. The number of aromatic nitrogens is 1. The molecular formula is C27H29FN2O. The van der Waals surface area contributed by atoms with Gasteiger partial charge in [-0.25, -0.2) is 4.39 Å². The van der Waals surface area contributed by atoms with Crippen LogP contribution in [-0.4, -0.2) is 28.9 Å². The van der Waals surface area contributed by atoms with E-state index in [-0.39, 0.29) is 17.6 Å². The van der Waals surface area contributed by atoms with Gasteiger partial charge in [0.2, 0.25) is 5.91 Å². The molecule has 1 amide bonds. The van der Waals surface area contributed by atoms with E-state index >= 15 is 0 Å². The van der Waals surface area contributed by atoms with Gasteiger partial charge >= 0.3 is 0 Å². The van der Waals surface area contributed by atoms with Crippen LogP contribution in [0.15, 0.2) is 60.8 Å². The Morgan fingerprint density at radius 3 is 2.61 bits per heavy atom. The van der Waals surface area contributed by atoms with Crippen LogP contribution in [0.1, 0.15) is 52.3 Å². The molecule has 0 aliphatic carbocycles. The summed E-state index contributed by atoms with van der Waals surface area (Å²) in [5.74, 6) is 0.242. The van der Waals surface area contributed by atoms with Crippen molar-refractivity contribution in [3.63, 3.8) is 0 Å². The summed E-state index contributed by atoms with van der Waals surface area (Å²) < 4.78 is 13.4. The SMILES string of the molecule is Cc1ccc(CC(=O)N2CCC[C@@H](c3ccc(Cc4cccc(F)c4)cn3)C2)cc1C. The molecule has 0 saturated carbocycles. The topological polar surface area (TPSA) is 33.2 Å². The summed E-state index contributed by atoms with van der Waals surface area (Å²) >= 11 is 0. The first kappa shape index (κ1) is 21.2. The lowest BCUT2D eigenvalue weighted by molar-refractivity contribution is -0.131. The molecule has 4 heteroatoms. The highest BCUT2D eigenvalue weighted by molar-refractivity contribution is 5.79. The normalized spacial score (nSPS) is 16.4. The van der Waals surface area contributed by atoms with Gasteiger partial charge in [0, 0.05) is 30.9 Å². The van der Waals surface area contributed by atoms with Crippen LogP contribution < -0.4 is 0 Å². The second kappa shape index (κ2) is 9.42. The van der Waals surface area contributed by atoms with E-state index in [1.165, 1.54) is 17.2 Å². The maximum atomic E-state index is 13.4. The highest BCUT2D eigenvalue weighted by atomic mass is 19.1. The van der Waals surface area contributed by atoms with E-state index in [1.807, 2.05) is 17.2 Å². The molecule has 4 rings (SSSR count). The Labute approximate surface area is 183 Å².